The zero-order valence-corrected chi connectivity index (χ0v) is 17.3. The second-order valence-electron chi connectivity index (χ2n) is 8.72. The highest BCUT2D eigenvalue weighted by molar-refractivity contribution is 8.45. The largest absolute Gasteiger partial charge is 0.375 e. The molecule has 0 aliphatic heterocycles. The molecule has 3 aliphatic carbocycles. The summed E-state index contributed by atoms with van der Waals surface area (Å²) in [6.45, 7) is 2.96. The Hall–Kier alpha value is -0.820. The molecule has 0 N–H and O–H groups in total. The standard InChI is InChI=1S/C21H31F5OS/c1-2-3-4-5-6-17-27-21-14-11-20(12-15-21,13-16-21)18-7-9-19(10-8-18)28(22,23,24,25)26/h7-10H,2-6,11-17H2,1H3. The van der Waals surface area contributed by atoms with Crippen LogP contribution in [0.15, 0.2) is 29.2 Å². The van der Waals surface area contributed by atoms with Crippen molar-refractivity contribution in [1.29, 1.82) is 0 Å². The van der Waals surface area contributed by atoms with E-state index in [1.165, 1.54) is 37.8 Å². The highest BCUT2D eigenvalue weighted by Gasteiger charge is 2.65. The number of rotatable bonds is 9. The number of fused-ring (bicyclic) bond motifs is 3. The second kappa shape index (κ2) is 6.86. The van der Waals surface area contributed by atoms with Crippen LogP contribution in [-0.4, -0.2) is 12.2 Å². The molecule has 0 radical (unpaired) electrons. The fraction of sp³-hybridized carbons (Fsp3) is 0.714. The molecule has 1 nitrogen and oxygen atoms in total. The van der Waals surface area contributed by atoms with Gasteiger partial charge in [-0.15, -0.1) is 0 Å². The van der Waals surface area contributed by atoms with Crippen molar-refractivity contribution in [1.82, 2.24) is 0 Å². The number of hydrogen-bond acceptors (Lipinski definition) is 1. The molecule has 162 valence electrons. The van der Waals surface area contributed by atoms with Crippen LogP contribution in [0.25, 0.3) is 0 Å². The molecule has 1 aromatic carbocycles. The summed E-state index contributed by atoms with van der Waals surface area (Å²) in [4.78, 5) is -1.80. The monoisotopic (exact) mass is 426 g/mol. The maximum atomic E-state index is 13.0. The molecule has 0 unspecified atom stereocenters. The topological polar surface area (TPSA) is 9.23 Å². The van der Waals surface area contributed by atoms with Gasteiger partial charge in [-0.3, -0.25) is 0 Å². The smallest absolute Gasteiger partial charge is 0.310 e. The Morgan fingerprint density at radius 2 is 1.32 bits per heavy atom. The third kappa shape index (κ3) is 4.84. The molecule has 3 fully saturated rings. The molecule has 3 saturated carbocycles. The zero-order chi connectivity index (χ0) is 20.6. The zero-order valence-electron chi connectivity index (χ0n) is 16.5. The molecule has 1 aromatic rings. The predicted octanol–water partition coefficient (Wildman–Crippen LogP) is 8.68. The molecule has 0 atom stereocenters. The normalized spacial score (nSPS) is 30.1. The summed E-state index contributed by atoms with van der Waals surface area (Å²) in [6, 6.07) is 3.66. The first-order chi connectivity index (χ1) is 12.9. The van der Waals surface area contributed by atoms with Crippen LogP contribution in [0.3, 0.4) is 0 Å². The van der Waals surface area contributed by atoms with Crippen LogP contribution < -0.4 is 0 Å². The summed E-state index contributed by atoms with van der Waals surface area (Å²) in [5, 5.41) is 0. The van der Waals surface area contributed by atoms with Gasteiger partial charge in [0.2, 0.25) is 0 Å². The second-order valence-corrected chi connectivity index (χ2v) is 11.1. The van der Waals surface area contributed by atoms with Crippen molar-refractivity contribution >= 4 is 10.2 Å². The van der Waals surface area contributed by atoms with E-state index in [9.17, 15) is 19.4 Å². The molecule has 28 heavy (non-hydrogen) atoms. The van der Waals surface area contributed by atoms with E-state index in [0.717, 1.165) is 57.1 Å². The molecule has 0 aromatic heterocycles. The van der Waals surface area contributed by atoms with Crippen molar-refractivity contribution in [2.45, 2.75) is 93.5 Å². The lowest BCUT2D eigenvalue weighted by Crippen LogP contribution is -2.49. The van der Waals surface area contributed by atoms with Crippen LogP contribution in [0.2, 0.25) is 0 Å². The number of ether oxygens (including phenoxy) is 1. The molecule has 3 aliphatic rings. The Bertz CT molecular complexity index is 659. The van der Waals surface area contributed by atoms with E-state index in [2.05, 4.69) is 6.92 Å². The summed E-state index contributed by atoms with van der Waals surface area (Å²) in [5.41, 5.74) is 0.477. The quantitative estimate of drug-likeness (QED) is 0.283. The van der Waals surface area contributed by atoms with Gasteiger partial charge in [-0.25, -0.2) is 0 Å². The minimum absolute atomic E-state index is 0.0870. The van der Waals surface area contributed by atoms with Crippen LogP contribution in [0.5, 0.6) is 0 Å². The van der Waals surface area contributed by atoms with Gasteiger partial charge >= 0.3 is 10.2 Å². The third-order valence-electron chi connectivity index (χ3n) is 6.75. The molecule has 0 amide bonds. The molecule has 4 rings (SSSR count). The first-order valence-corrected chi connectivity index (χ1v) is 12.3. The van der Waals surface area contributed by atoms with Gasteiger partial charge in [0.1, 0.15) is 4.90 Å². The van der Waals surface area contributed by atoms with Crippen LogP contribution >= 0.6 is 10.2 Å². The fourth-order valence-corrected chi connectivity index (χ4v) is 5.51. The first-order valence-electron chi connectivity index (χ1n) is 10.4. The van der Waals surface area contributed by atoms with Gasteiger partial charge in [0.15, 0.2) is 0 Å². The van der Waals surface area contributed by atoms with Gasteiger partial charge in [-0.2, -0.15) is 0 Å². The van der Waals surface area contributed by atoms with E-state index in [1.54, 1.807) is 0 Å². The van der Waals surface area contributed by atoms with Gasteiger partial charge in [0, 0.05) is 6.61 Å². The van der Waals surface area contributed by atoms with Gasteiger partial charge in [-0.1, -0.05) is 64.2 Å². The van der Waals surface area contributed by atoms with Crippen molar-refractivity contribution < 1.29 is 24.2 Å². The van der Waals surface area contributed by atoms with E-state index < -0.39 is 15.1 Å². The van der Waals surface area contributed by atoms with Gasteiger partial charge in [0.25, 0.3) is 0 Å². The first kappa shape index (κ1) is 21.9. The number of halogens is 5. The van der Waals surface area contributed by atoms with Crippen LogP contribution in [0.1, 0.15) is 83.1 Å². The minimum Gasteiger partial charge on any atom is -0.375 e. The highest BCUT2D eigenvalue weighted by Crippen LogP contribution is 3.02. The summed E-state index contributed by atoms with van der Waals surface area (Å²) < 4.78 is 71.0. The molecule has 7 heteroatoms. The van der Waals surface area contributed by atoms with Crippen LogP contribution in [0.4, 0.5) is 19.4 Å². The Labute approximate surface area is 164 Å². The van der Waals surface area contributed by atoms with Crippen molar-refractivity contribution in [3.8, 4) is 0 Å². The Morgan fingerprint density at radius 1 is 0.786 bits per heavy atom. The lowest BCUT2D eigenvalue weighted by atomic mass is 9.56. The van der Waals surface area contributed by atoms with E-state index in [0.29, 0.717) is 12.1 Å². The fourth-order valence-electron chi connectivity index (χ4n) is 4.86. The Morgan fingerprint density at radius 3 is 1.82 bits per heavy atom. The lowest BCUT2D eigenvalue weighted by molar-refractivity contribution is -0.119. The van der Waals surface area contributed by atoms with Crippen molar-refractivity contribution in [2.75, 3.05) is 6.61 Å². The molecule has 2 bridgehead atoms. The third-order valence-corrected chi connectivity index (χ3v) is 7.91. The van der Waals surface area contributed by atoms with Gasteiger partial charge < -0.3 is 4.74 Å². The summed E-state index contributed by atoms with van der Waals surface area (Å²) >= 11 is 0. The van der Waals surface area contributed by atoms with Gasteiger partial charge in [-0.05, 0) is 68.1 Å². The molecule has 0 saturated heterocycles. The number of benzene rings is 1. The average molecular weight is 427 g/mol. The van der Waals surface area contributed by atoms with Crippen molar-refractivity contribution in [3.05, 3.63) is 29.8 Å². The van der Waals surface area contributed by atoms with E-state index in [-0.39, 0.29) is 11.0 Å². The average Bonchev–Trinajstić information content (AvgIpc) is 2.64. The van der Waals surface area contributed by atoms with E-state index >= 15 is 0 Å². The SMILES string of the molecule is CCCCCCCOC12CCC(c3ccc(S(F)(F)(F)(F)F)cc3)(CC1)CC2. The Balaban J connectivity index is 1.59. The van der Waals surface area contributed by atoms with E-state index in [1.807, 2.05) is 0 Å². The van der Waals surface area contributed by atoms with Gasteiger partial charge in [0.05, 0.1) is 5.60 Å². The number of unbranched alkanes of at least 4 members (excludes halogenated alkanes) is 4. The molecule has 0 spiro atoms. The van der Waals surface area contributed by atoms with Crippen LogP contribution in [-0.2, 0) is 10.2 Å². The summed E-state index contributed by atoms with van der Waals surface area (Å²) in [5.74, 6) is 0. The van der Waals surface area contributed by atoms with E-state index in [4.69, 9.17) is 4.74 Å². The molecule has 0 heterocycles. The maximum absolute atomic E-state index is 13.0. The summed E-state index contributed by atoms with van der Waals surface area (Å²) in [6.07, 6.45) is 11.2. The number of hydrogen-bond donors (Lipinski definition) is 0. The molecular formula is C21H31F5OS. The Kier molecular flexibility index (Phi) is 5.36. The summed E-state index contributed by atoms with van der Waals surface area (Å²) in [7, 11) is -9.60. The van der Waals surface area contributed by atoms with Crippen LogP contribution in [0, 0.1) is 0 Å². The molecular weight excluding hydrogens is 395 g/mol. The highest BCUT2D eigenvalue weighted by atomic mass is 32.5. The minimum atomic E-state index is -9.60. The van der Waals surface area contributed by atoms with Crippen molar-refractivity contribution in [2.24, 2.45) is 0 Å². The lowest BCUT2D eigenvalue weighted by Gasteiger charge is -2.53. The predicted molar refractivity (Wildman–Crippen MR) is 105 cm³/mol. The maximum Gasteiger partial charge on any atom is 0.310 e. The van der Waals surface area contributed by atoms with Crippen molar-refractivity contribution in [3.63, 3.8) is 0 Å².